The number of hydrogen-bond acceptors (Lipinski definition) is 3. The summed E-state index contributed by atoms with van der Waals surface area (Å²) >= 11 is 0. The third-order valence-electron chi connectivity index (χ3n) is 3.14. The van der Waals surface area contributed by atoms with Crippen LogP contribution in [0.3, 0.4) is 0 Å². The number of carbonyl (C=O) groups is 1. The van der Waals surface area contributed by atoms with E-state index in [-0.39, 0.29) is 11.8 Å². The van der Waals surface area contributed by atoms with Crippen LogP contribution in [-0.2, 0) is 4.79 Å². The van der Waals surface area contributed by atoms with E-state index in [9.17, 15) is 4.79 Å². The van der Waals surface area contributed by atoms with Gasteiger partial charge in [-0.3, -0.25) is 4.79 Å². The lowest BCUT2D eigenvalue weighted by molar-refractivity contribution is -0.121. The smallest absolute Gasteiger partial charge is 0.240 e. The summed E-state index contributed by atoms with van der Waals surface area (Å²) in [5.74, 6) is 0.953. The molecule has 1 N–H and O–H groups in total. The summed E-state index contributed by atoms with van der Waals surface area (Å²) in [5.41, 5.74) is 5.58. The lowest BCUT2D eigenvalue weighted by Crippen LogP contribution is -2.31. The number of hydrogen-bond donors (Lipinski definition) is 1. The molecule has 1 atom stereocenters. The van der Waals surface area contributed by atoms with Crippen LogP contribution in [0.25, 0.3) is 6.08 Å². The Morgan fingerprint density at radius 2 is 2.32 bits per heavy atom. The van der Waals surface area contributed by atoms with Gasteiger partial charge in [0.2, 0.25) is 5.91 Å². The Balaban J connectivity index is 2.25. The van der Waals surface area contributed by atoms with E-state index in [0.29, 0.717) is 6.42 Å². The molecule has 19 heavy (non-hydrogen) atoms. The molecule has 0 saturated carbocycles. The van der Waals surface area contributed by atoms with Gasteiger partial charge in [0.15, 0.2) is 0 Å². The molecule has 4 heteroatoms. The molecule has 0 saturated heterocycles. The first-order valence-electron chi connectivity index (χ1n) is 6.29. The molecule has 0 spiro atoms. The second-order valence-electron chi connectivity index (χ2n) is 4.74. The van der Waals surface area contributed by atoms with Gasteiger partial charge in [0.1, 0.15) is 5.75 Å². The van der Waals surface area contributed by atoms with Crippen LogP contribution in [0.2, 0.25) is 0 Å². The van der Waals surface area contributed by atoms with E-state index in [1.807, 2.05) is 38.1 Å². The van der Waals surface area contributed by atoms with Gasteiger partial charge < -0.3 is 4.74 Å². The summed E-state index contributed by atoms with van der Waals surface area (Å²) in [4.78, 5) is 11.2. The zero-order valence-corrected chi connectivity index (χ0v) is 11.4. The van der Waals surface area contributed by atoms with Crippen molar-refractivity contribution in [3.63, 3.8) is 0 Å². The van der Waals surface area contributed by atoms with E-state index in [2.05, 4.69) is 16.6 Å². The Morgan fingerprint density at radius 3 is 3.00 bits per heavy atom. The number of benzene rings is 1. The molecule has 1 amide bonds. The molecule has 1 unspecified atom stereocenters. The van der Waals surface area contributed by atoms with Gasteiger partial charge in [-0.15, -0.1) is 0 Å². The van der Waals surface area contributed by atoms with Crippen LogP contribution in [0.1, 0.15) is 25.8 Å². The summed E-state index contributed by atoms with van der Waals surface area (Å²) in [5, 5.41) is 4.15. The van der Waals surface area contributed by atoms with Gasteiger partial charge in [-0.05, 0) is 30.2 Å². The molecule has 0 fully saturated rings. The highest BCUT2D eigenvalue weighted by atomic mass is 16.5. The predicted octanol–water partition coefficient (Wildman–Crippen LogP) is 2.61. The Kier molecular flexibility index (Phi) is 4.00. The van der Waals surface area contributed by atoms with Crippen LogP contribution in [0.15, 0.2) is 34.9 Å². The molecule has 0 aliphatic carbocycles. The number of methoxy groups -OCH3 is 1. The van der Waals surface area contributed by atoms with E-state index < -0.39 is 0 Å². The minimum atomic E-state index is -0.0227. The second kappa shape index (κ2) is 5.69. The highest BCUT2D eigenvalue weighted by Crippen LogP contribution is 2.20. The maximum absolute atomic E-state index is 11.2. The summed E-state index contributed by atoms with van der Waals surface area (Å²) < 4.78 is 5.20. The van der Waals surface area contributed by atoms with Gasteiger partial charge in [0.25, 0.3) is 0 Å². The van der Waals surface area contributed by atoms with Gasteiger partial charge in [-0.1, -0.05) is 25.1 Å². The van der Waals surface area contributed by atoms with Crippen LogP contribution in [0.5, 0.6) is 5.75 Å². The Morgan fingerprint density at radius 1 is 1.53 bits per heavy atom. The van der Waals surface area contributed by atoms with Crippen molar-refractivity contribution in [2.45, 2.75) is 20.3 Å². The molecule has 0 radical (unpaired) electrons. The quantitative estimate of drug-likeness (QED) is 0.906. The normalized spacial score (nSPS) is 19.7. The third-order valence-corrected chi connectivity index (χ3v) is 3.14. The fourth-order valence-electron chi connectivity index (χ4n) is 2.19. The summed E-state index contributed by atoms with van der Waals surface area (Å²) in [6.07, 6.45) is 2.54. The first-order chi connectivity index (χ1) is 9.10. The molecule has 1 aromatic rings. The molecular formula is C15H18N2O2. The molecule has 1 aliphatic heterocycles. The van der Waals surface area contributed by atoms with E-state index in [1.165, 1.54) is 0 Å². The molecule has 1 heterocycles. The lowest BCUT2D eigenvalue weighted by Gasteiger charge is -2.19. The van der Waals surface area contributed by atoms with Gasteiger partial charge >= 0.3 is 0 Å². The van der Waals surface area contributed by atoms with Gasteiger partial charge in [-0.2, -0.15) is 5.10 Å². The predicted molar refractivity (Wildman–Crippen MR) is 76.0 cm³/mol. The van der Waals surface area contributed by atoms with E-state index in [1.54, 1.807) is 7.11 Å². The molecular weight excluding hydrogens is 240 g/mol. The van der Waals surface area contributed by atoms with Crippen LogP contribution in [0.4, 0.5) is 0 Å². The van der Waals surface area contributed by atoms with Crippen molar-refractivity contribution >= 4 is 17.7 Å². The van der Waals surface area contributed by atoms with Gasteiger partial charge in [0.05, 0.1) is 12.8 Å². The fraction of sp³-hybridized carbons (Fsp3) is 0.333. The number of amides is 1. The van der Waals surface area contributed by atoms with Crippen molar-refractivity contribution in [1.29, 1.82) is 0 Å². The summed E-state index contributed by atoms with van der Waals surface area (Å²) in [6.45, 7) is 4.02. The highest BCUT2D eigenvalue weighted by Gasteiger charge is 2.21. The molecule has 0 aromatic heterocycles. The van der Waals surface area contributed by atoms with Gasteiger partial charge in [-0.25, -0.2) is 5.43 Å². The van der Waals surface area contributed by atoms with Crippen molar-refractivity contribution in [2.75, 3.05) is 7.11 Å². The minimum Gasteiger partial charge on any atom is -0.497 e. The van der Waals surface area contributed by atoms with E-state index in [4.69, 9.17) is 4.74 Å². The van der Waals surface area contributed by atoms with Crippen LogP contribution >= 0.6 is 0 Å². The Labute approximate surface area is 113 Å². The first-order valence-corrected chi connectivity index (χ1v) is 6.29. The van der Waals surface area contributed by atoms with Crippen LogP contribution < -0.4 is 10.2 Å². The maximum atomic E-state index is 11.2. The summed E-state index contributed by atoms with van der Waals surface area (Å²) in [7, 11) is 1.65. The molecule has 4 nitrogen and oxygen atoms in total. The van der Waals surface area contributed by atoms with Crippen molar-refractivity contribution in [1.82, 2.24) is 5.43 Å². The number of hydrazone groups is 1. The maximum Gasteiger partial charge on any atom is 0.240 e. The molecule has 0 bridgehead atoms. The third kappa shape index (κ3) is 3.22. The molecule has 1 aliphatic rings. The minimum absolute atomic E-state index is 0.0227. The number of nitrogens with one attached hydrogen (secondary N) is 1. The van der Waals surface area contributed by atoms with Crippen LogP contribution in [0, 0.1) is 5.92 Å². The SMILES string of the molecule is COc1cccc(C=C(C)C2=NNC(=O)CC2C)c1. The first kappa shape index (κ1) is 13.3. The fourth-order valence-corrected chi connectivity index (χ4v) is 2.19. The van der Waals surface area contributed by atoms with Crippen molar-refractivity contribution in [3.8, 4) is 5.75 Å². The van der Waals surface area contributed by atoms with E-state index >= 15 is 0 Å². The Bertz CT molecular complexity index is 547. The average Bonchev–Trinajstić information content (AvgIpc) is 2.38. The zero-order valence-electron chi connectivity index (χ0n) is 11.4. The van der Waals surface area contributed by atoms with Crippen molar-refractivity contribution in [3.05, 3.63) is 35.4 Å². The topological polar surface area (TPSA) is 50.7 Å². The lowest BCUT2D eigenvalue weighted by atomic mass is 9.93. The molecule has 2 rings (SSSR count). The molecule has 1 aromatic carbocycles. The number of ether oxygens (including phenoxy) is 1. The standard InChI is InChI=1S/C15H18N2O2/c1-10(15-11(2)8-14(18)16-17-15)7-12-5-4-6-13(9-12)19-3/h4-7,9,11H,8H2,1-3H3,(H,16,18). The van der Waals surface area contributed by atoms with E-state index in [0.717, 1.165) is 22.6 Å². The number of carbonyl (C=O) groups excluding carboxylic acids is 1. The zero-order chi connectivity index (χ0) is 13.8. The summed E-state index contributed by atoms with van der Waals surface area (Å²) in [6, 6.07) is 7.84. The number of allylic oxidation sites excluding steroid dienone is 1. The van der Waals surface area contributed by atoms with Crippen molar-refractivity contribution in [2.24, 2.45) is 11.0 Å². The molecule has 100 valence electrons. The monoisotopic (exact) mass is 258 g/mol. The largest absolute Gasteiger partial charge is 0.497 e. The van der Waals surface area contributed by atoms with Crippen molar-refractivity contribution < 1.29 is 9.53 Å². The average molecular weight is 258 g/mol. The second-order valence-corrected chi connectivity index (χ2v) is 4.74. The van der Waals surface area contributed by atoms with Crippen LogP contribution in [-0.4, -0.2) is 18.7 Å². The number of nitrogens with zero attached hydrogens (tertiary/aromatic N) is 1. The van der Waals surface area contributed by atoms with Gasteiger partial charge in [0, 0.05) is 12.3 Å². The Hall–Kier alpha value is -2.10. The highest BCUT2D eigenvalue weighted by molar-refractivity contribution is 6.07. The number of rotatable bonds is 3.